The molecule has 0 aliphatic carbocycles. The van der Waals surface area contributed by atoms with E-state index in [0.29, 0.717) is 77.4 Å². The van der Waals surface area contributed by atoms with Gasteiger partial charge in [0.05, 0.1) is 35.4 Å². The quantitative estimate of drug-likeness (QED) is 0.134. The molecule has 4 aliphatic heterocycles. The van der Waals surface area contributed by atoms with Crippen molar-refractivity contribution in [2.45, 2.75) is 192 Å². The van der Waals surface area contributed by atoms with Gasteiger partial charge in [0.15, 0.2) is 11.6 Å². The molecular formula is C38H66N2O10. The first-order valence-corrected chi connectivity index (χ1v) is 19.3. The predicted molar refractivity (Wildman–Crippen MR) is 184 cm³/mol. The third-order valence-corrected chi connectivity index (χ3v) is 13.4. The lowest BCUT2D eigenvalue weighted by Crippen LogP contribution is -2.70. The summed E-state index contributed by atoms with van der Waals surface area (Å²) in [5, 5.41) is 29.3. The van der Waals surface area contributed by atoms with Crippen molar-refractivity contribution in [3.05, 3.63) is 0 Å². The van der Waals surface area contributed by atoms with Gasteiger partial charge in [0.25, 0.3) is 0 Å². The fourth-order valence-corrected chi connectivity index (χ4v) is 8.86. The fourth-order valence-electron chi connectivity index (χ4n) is 8.86. The summed E-state index contributed by atoms with van der Waals surface area (Å²) in [7, 11) is 0. The van der Waals surface area contributed by atoms with Crippen LogP contribution in [0.15, 0.2) is 0 Å². The van der Waals surface area contributed by atoms with Crippen LogP contribution >= 0.6 is 0 Å². The summed E-state index contributed by atoms with van der Waals surface area (Å²) in [5.41, 5.74) is -2.46. The van der Waals surface area contributed by atoms with Crippen LogP contribution in [0.25, 0.3) is 0 Å². The number of piperidine rings is 2. The van der Waals surface area contributed by atoms with Crippen molar-refractivity contribution in [2.24, 2.45) is 11.8 Å². The Morgan fingerprint density at radius 2 is 0.980 bits per heavy atom. The maximum Gasteiger partial charge on any atom is 0.305 e. The Hall–Kier alpha value is -1.38. The normalized spacial score (nSPS) is 42.4. The van der Waals surface area contributed by atoms with Gasteiger partial charge in [0.1, 0.15) is 25.4 Å². The number of hydrogen-bond donors (Lipinski definition) is 0. The summed E-state index contributed by atoms with van der Waals surface area (Å²) in [4.78, 5) is 25.0. The monoisotopic (exact) mass is 710 g/mol. The number of carbonyl (C=O) groups is 2. The average molecular weight is 711 g/mol. The van der Waals surface area contributed by atoms with Crippen molar-refractivity contribution >= 4 is 11.9 Å². The van der Waals surface area contributed by atoms with Crippen LogP contribution in [0.5, 0.6) is 0 Å². The Kier molecular flexibility index (Phi) is 13.2. The highest BCUT2D eigenvalue weighted by Gasteiger charge is 2.65. The predicted octanol–water partition coefficient (Wildman–Crippen LogP) is 6.69. The number of nitrogens with zero attached hydrogens (tertiary/aromatic N) is 2. The Labute approximate surface area is 300 Å². The molecule has 4 saturated heterocycles. The number of carbonyl (C=O) groups excluding carboxylic acids is 2. The lowest BCUT2D eigenvalue weighted by atomic mass is 9.67. The molecule has 0 aromatic rings. The summed E-state index contributed by atoms with van der Waals surface area (Å²) >= 11 is 0. The molecular weight excluding hydrogens is 644 g/mol. The number of unbranched alkanes of at least 4 members (excludes halogenated alkanes) is 3. The first kappa shape index (κ1) is 41.4. The summed E-state index contributed by atoms with van der Waals surface area (Å²) in [6.45, 7) is 21.0. The smallest absolute Gasteiger partial charge is 0.305 e. The van der Waals surface area contributed by atoms with Crippen molar-refractivity contribution in [3.8, 4) is 0 Å². The van der Waals surface area contributed by atoms with E-state index in [4.69, 9.17) is 28.4 Å². The second kappa shape index (κ2) is 15.9. The van der Waals surface area contributed by atoms with Crippen molar-refractivity contribution in [1.29, 1.82) is 0 Å². The minimum atomic E-state index is -0.878. The van der Waals surface area contributed by atoms with Gasteiger partial charge in [-0.25, -0.2) is 0 Å². The Morgan fingerprint density at radius 1 is 0.620 bits per heavy atom. The number of esters is 2. The highest BCUT2D eigenvalue weighted by molar-refractivity contribution is 5.69. The molecule has 0 aromatic heterocycles. The first-order chi connectivity index (χ1) is 23.4. The molecule has 4 heterocycles. The second-order valence-electron chi connectivity index (χ2n) is 16.5. The Balaban J connectivity index is 1.11. The van der Waals surface area contributed by atoms with Crippen LogP contribution in [-0.4, -0.2) is 94.4 Å². The summed E-state index contributed by atoms with van der Waals surface area (Å²) < 4.78 is 36.6. The minimum absolute atomic E-state index is 0.120. The van der Waals surface area contributed by atoms with Gasteiger partial charge >= 0.3 is 11.9 Å². The summed E-state index contributed by atoms with van der Waals surface area (Å²) in [6, 6.07) is 0. The van der Waals surface area contributed by atoms with E-state index >= 15 is 0 Å². The average Bonchev–Trinajstić information content (AvgIpc) is 3.72. The van der Waals surface area contributed by atoms with E-state index in [0.717, 1.165) is 12.8 Å². The first-order valence-electron chi connectivity index (χ1n) is 19.3. The summed E-state index contributed by atoms with van der Waals surface area (Å²) in [5.74, 6) is -2.62. The van der Waals surface area contributed by atoms with Crippen molar-refractivity contribution in [2.75, 3.05) is 26.4 Å². The van der Waals surface area contributed by atoms with Gasteiger partial charge in [0, 0.05) is 37.5 Å². The third kappa shape index (κ3) is 7.79. The maximum absolute atomic E-state index is 13.4. The zero-order chi connectivity index (χ0) is 37.2. The zero-order valence-electron chi connectivity index (χ0n) is 32.6. The molecule has 4 aliphatic rings. The van der Waals surface area contributed by atoms with Gasteiger partial charge < -0.3 is 28.4 Å². The van der Waals surface area contributed by atoms with Crippen LogP contribution in [0.3, 0.4) is 0 Å². The third-order valence-electron chi connectivity index (χ3n) is 13.4. The van der Waals surface area contributed by atoms with E-state index in [9.17, 15) is 20.0 Å². The topological polar surface area (TPSA) is 136 Å². The van der Waals surface area contributed by atoms with E-state index < -0.39 is 33.7 Å². The largest absolute Gasteiger partial charge is 0.463 e. The molecule has 10 atom stereocenters. The molecule has 10 unspecified atom stereocenters. The maximum atomic E-state index is 13.4. The Morgan fingerprint density at radius 3 is 1.30 bits per heavy atom. The molecule has 0 bridgehead atoms. The van der Waals surface area contributed by atoms with Gasteiger partial charge in [-0.1, -0.05) is 54.4 Å². The van der Waals surface area contributed by atoms with Crippen molar-refractivity contribution in [3.63, 3.8) is 0 Å². The van der Waals surface area contributed by atoms with E-state index in [1.54, 1.807) is 0 Å². The molecule has 12 heteroatoms. The second-order valence-corrected chi connectivity index (χ2v) is 16.5. The molecule has 4 fully saturated rings. The van der Waals surface area contributed by atoms with E-state index in [-0.39, 0.29) is 49.2 Å². The van der Waals surface area contributed by atoms with Crippen LogP contribution in [0.4, 0.5) is 0 Å². The van der Waals surface area contributed by atoms with Gasteiger partial charge in [-0.3, -0.25) is 9.59 Å². The SMILES string of the molecule is CCC1(C)CC2(OCC(COC(=O)CCCCCCC(=O)OCC3COC4(CC(C)(CC)N([O])C(C)(CC)C4C)O3)O2)C(C)C(C)(CC)N1[O]. The van der Waals surface area contributed by atoms with Gasteiger partial charge in [-0.05, 0) is 66.2 Å². The van der Waals surface area contributed by atoms with Crippen LogP contribution in [-0.2, 0) is 48.4 Å². The van der Waals surface area contributed by atoms with Crippen LogP contribution in [0, 0.1) is 11.8 Å². The molecule has 50 heavy (non-hydrogen) atoms. The molecule has 12 nitrogen and oxygen atoms in total. The van der Waals surface area contributed by atoms with Crippen LogP contribution in [0.1, 0.15) is 146 Å². The zero-order valence-corrected chi connectivity index (χ0v) is 32.6. The summed E-state index contributed by atoms with van der Waals surface area (Å²) in [6.07, 6.45) is 6.43. The molecule has 288 valence electrons. The van der Waals surface area contributed by atoms with Gasteiger partial charge in [0.2, 0.25) is 0 Å². The van der Waals surface area contributed by atoms with Crippen molar-refractivity contribution < 1.29 is 48.4 Å². The fraction of sp³-hybridized carbons (Fsp3) is 0.947. The molecule has 2 spiro atoms. The highest BCUT2D eigenvalue weighted by atomic mass is 16.8. The minimum Gasteiger partial charge on any atom is -0.463 e. The standard InChI is InChI=1S/C38H66N2O10/c1-11-33(7)25-37(27(5)35(9,13-3)39(33)43)47-23-29(49-37)21-45-31(41)19-17-15-16-18-20-32(42)46-22-30-24-48-38(50-30)26-34(8,12-2)40(44)36(10,14-4)28(38)6/h27-30H,11-26H2,1-10H3. The van der Waals surface area contributed by atoms with Gasteiger partial charge in [-0.2, -0.15) is 0 Å². The molecule has 0 saturated carbocycles. The molecule has 0 amide bonds. The van der Waals surface area contributed by atoms with E-state index in [2.05, 4.69) is 0 Å². The number of rotatable bonds is 15. The molecule has 4 rings (SSSR count). The molecule has 2 radical (unpaired) electrons. The number of ether oxygens (including phenoxy) is 6. The van der Waals surface area contributed by atoms with Gasteiger partial charge in [-0.15, -0.1) is 20.5 Å². The highest BCUT2D eigenvalue weighted by Crippen LogP contribution is 2.54. The number of hydroxylamine groups is 4. The van der Waals surface area contributed by atoms with Crippen LogP contribution in [0.2, 0.25) is 0 Å². The van der Waals surface area contributed by atoms with Crippen LogP contribution < -0.4 is 0 Å². The lowest BCUT2D eigenvalue weighted by molar-refractivity contribution is -0.374. The lowest BCUT2D eigenvalue weighted by Gasteiger charge is -2.59. The van der Waals surface area contributed by atoms with Crippen molar-refractivity contribution in [1.82, 2.24) is 10.1 Å². The van der Waals surface area contributed by atoms with E-state index in [1.165, 1.54) is 10.1 Å². The number of hydrogen-bond acceptors (Lipinski definition) is 10. The van der Waals surface area contributed by atoms with E-state index in [1.807, 2.05) is 69.2 Å². The molecule has 0 aromatic carbocycles. The Bertz CT molecular complexity index is 1090. The molecule has 0 N–H and O–H groups in total.